The number of hydrogen-bond acceptors (Lipinski definition) is 3. The molecule has 1 aliphatic rings. The van der Waals surface area contributed by atoms with Gasteiger partial charge in [0.1, 0.15) is 0 Å². The van der Waals surface area contributed by atoms with Crippen molar-refractivity contribution in [2.75, 3.05) is 26.2 Å². The fourth-order valence-corrected chi connectivity index (χ4v) is 3.55. The zero-order valence-electron chi connectivity index (χ0n) is 15.0. The summed E-state index contributed by atoms with van der Waals surface area (Å²) in [6.45, 7) is 3.95. The lowest BCUT2D eigenvalue weighted by Crippen LogP contribution is -2.48. The number of amides is 1. The van der Waals surface area contributed by atoms with Crippen molar-refractivity contribution in [2.45, 2.75) is 6.54 Å². The Kier molecular flexibility index (Phi) is 5.28. The molecule has 3 aromatic rings. The average molecular weight is 381 g/mol. The smallest absolute Gasteiger partial charge is 0.290 e. The minimum Gasteiger partial charge on any atom is -0.459 e. The molecule has 4 nitrogen and oxygen atoms in total. The molecule has 138 valence electrons. The van der Waals surface area contributed by atoms with E-state index in [1.165, 1.54) is 5.56 Å². The van der Waals surface area contributed by atoms with Gasteiger partial charge in [-0.25, -0.2) is 0 Å². The Balaban J connectivity index is 1.39. The van der Waals surface area contributed by atoms with Crippen molar-refractivity contribution in [2.24, 2.45) is 0 Å². The van der Waals surface area contributed by atoms with Crippen molar-refractivity contribution in [3.8, 4) is 11.1 Å². The maximum Gasteiger partial charge on any atom is 0.290 e. The Bertz CT molecular complexity index is 898. The summed E-state index contributed by atoms with van der Waals surface area (Å²) in [6.07, 6.45) is 1.59. The molecule has 2 aromatic carbocycles. The van der Waals surface area contributed by atoms with Crippen LogP contribution < -0.4 is 0 Å². The minimum absolute atomic E-state index is 0.0370. The van der Waals surface area contributed by atoms with Gasteiger partial charge in [-0.05, 0) is 29.3 Å². The van der Waals surface area contributed by atoms with E-state index in [2.05, 4.69) is 17.0 Å². The van der Waals surface area contributed by atoms with Gasteiger partial charge in [0, 0.05) is 43.3 Å². The highest BCUT2D eigenvalue weighted by Gasteiger charge is 2.26. The van der Waals surface area contributed by atoms with E-state index in [1.807, 2.05) is 53.4 Å². The standard InChI is InChI=1S/C22H21ClN2O2/c23-19-8-6-17(7-9-19)16-24-11-13-25(14-12-24)22(26)21-20(10-15-27-21)18-4-2-1-3-5-18/h1-10,15H,11-14,16H2. The molecule has 0 bridgehead atoms. The van der Waals surface area contributed by atoms with E-state index in [1.54, 1.807) is 6.26 Å². The molecule has 27 heavy (non-hydrogen) atoms. The second-order valence-corrected chi connectivity index (χ2v) is 7.16. The molecule has 1 saturated heterocycles. The van der Waals surface area contributed by atoms with E-state index in [0.29, 0.717) is 18.8 Å². The second kappa shape index (κ2) is 7.99. The summed E-state index contributed by atoms with van der Waals surface area (Å²) in [5.41, 5.74) is 3.08. The third kappa shape index (κ3) is 4.07. The lowest BCUT2D eigenvalue weighted by molar-refractivity contribution is 0.0599. The summed E-state index contributed by atoms with van der Waals surface area (Å²) < 4.78 is 5.55. The number of carbonyl (C=O) groups is 1. The van der Waals surface area contributed by atoms with Crippen LogP contribution in [0, 0.1) is 0 Å². The number of furan rings is 1. The normalized spacial score (nSPS) is 15.1. The molecular weight excluding hydrogens is 360 g/mol. The Labute approximate surface area is 164 Å². The highest BCUT2D eigenvalue weighted by Crippen LogP contribution is 2.26. The molecule has 1 aromatic heterocycles. The third-order valence-corrected chi connectivity index (χ3v) is 5.18. The first kappa shape index (κ1) is 17.8. The molecule has 1 amide bonds. The van der Waals surface area contributed by atoms with Gasteiger partial charge in [-0.15, -0.1) is 0 Å². The van der Waals surface area contributed by atoms with Gasteiger partial charge in [0.2, 0.25) is 0 Å². The van der Waals surface area contributed by atoms with Crippen molar-refractivity contribution in [1.82, 2.24) is 9.80 Å². The van der Waals surface area contributed by atoms with Crippen molar-refractivity contribution in [3.05, 3.63) is 83.3 Å². The Morgan fingerprint density at radius 2 is 1.63 bits per heavy atom. The molecular formula is C22H21ClN2O2. The molecule has 0 saturated carbocycles. The largest absolute Gasteiger partial charge is 0.459 e. The van der Waals surface area contributed by atoms with Gasteiger partial charge in [-0.2, -0.15) is 0 Å². The van der Waals surface area contributed by atoms with Crippen molar-refractivity contribution in [1.29, 1.82) is 0 Å². The van der Waals surface area contributed by atoms with Crippen LogP contribution in [0.25, 0.3) is 11.1 Å². The summed E-state index contributed by atoms with van der Waals surface area (Å²) in [4.78, 5) is 17.2. The topological polar surface area (TPSA) is 36.7 Å². The highest BCUT2D eigenvalue weighted by atomic mass is 35.5. The van der Waals surface area contributed by atoms with Gasteiger partial charge >= 0.3 is 0 Å². The summed E-state index contributed by atoms with van der Waals surface area (Å²) in [6, 6.07) is 19.7. The summed E-state index contributed by atoms with van der Waals surface area (Å²) in [5, 5.41) is 0.752. The van der Waals surface area contributed by atoms with Crippen molar-refractivity contribution < 1.29 is 9.21 Å². The van der Waals surface area contributed by atoms with E-state index < -0.39 is 0 Å². The third-order valence-electron chi connectivity index (χ3n) is 4.92. The van der Waals surface area contributed by atoms with Crippen LogP contribution in [0.4, 0.5) is 0 Å². The maximum atomic E-state index is 13.0. The fraction of sp³-hybridized carbons (Fsp3) is 0.227. The van der Waals surface area contributed by atoms with E-state index in [-0.39, 0.29) is 5.91 Å². The molecule has 2 heterocycles. The van der Waals surface area contributed by atoms with E-state index >= 15 is 0 Å². The average Bonchev–Trinajstić information content (AvgIpc) is 3.20. The number of carbonyl (C=O) groups excluding carboxylic acids is 1. The Morgan fingerprint density at radius 1 is 0.926 bits per heavy atom. The Hall–Kier alpha value is -2.56. The predicted molar refractivity (Wildman–Crippen MR) is 107 cm³/mol. The molecule has 0 radical (unpaired) electrons. The lowest BCUT2D eigenvalue weighted by Gasteiger charge is -2.34. The van der Waals surface area contributed by atoms with Crippen LogP contribution in [0.15, 0.2) is 71.3 Å². The van der Waals surface area contributed by atoms with Gasteiger partial charge in [0.25, 0.3) is 5.91 Å². The van der Waals surface area contributed by atoms with E-state index in [9.17, 15) is 4.79 Å². The first-order chi connectivity index (χ1) is 13.2. The molecule has 0 unspecified atom stereocenters. The van der Waals surface area contributed by atoms with Crippen LogP contribution in [0.2, 0.25) is 5.02 Å². The van der Waals surface area contributed by atoms with E-state index in [4.69, 9.17) is 16.0 Å². The van der Waals surface area contributed by atoms with Crippen molar-refractivity contribution >= 4 is 17.5 Å². The fourth-order valence-electron chi connectivity index (χ4n) is 3.42. The summed E-state index contributed by atoms with van der Waals surface area (Å²) in [7, 11) is 0. The van der Waals surface area contributed by atoms with Crippen LogP contribution in [-0.2, 0) is 6.54 Å². The molecule has 1 fully saturated rings. The van der Waals surface area contributed by atoms with Crippen LogP contribution in [0.3, 0.4) is 0 Å². The molecule has 5 heteroatoms. The number of halogens is 1. The van der Waals surface area contributed by atoms with Gasteiger partial charge in [-0.3, -0.25) is 9.69 Å². The first-order valence-electron chi connectivity index (χ1n) is 9.10. The zero-order valence-corrected chi connectivity index (χ0v) is 15.7. The molecule has 0 aliphatic carbocycles. The van der Waals surface area contributed by atoms with Gasteiger partial charge in [-0.1, -0.05) is 54.1 Å². The van der Waals surface area contributed by atoms with Crippen LogP contribution in [-0.4, -0.2) is 41.9 Å². The van der Waals surface area contributed by atoms with Gasteiger partial charge in [0.05, 0.1) is 6.26 Å². The number of nitrogens with zero attached hydrogens (tertiary/aromatic N) is 2. The maximum absolute atomic E-state index is 13.0. The lowest BCUT2D eigenvalue weighted by atomic mass is 10.1. The Morgan fingerprint density at radius 3 is 2.33 bits per heavy atom. The first-order valence-corrected chi connectivity index (χ1v) is 9.47. The highest BCUT2D eigenvalue weighted by molar-refractivity contribution is 6.30. The number of piperazine rings is 1. The van der Waals surface area contributed by atoms with Crippen LogP contribution in [0.5, 0.6) is 0 Å². The molecule has 0 N–H and O–H groups in total. The second-order valence-electron chi connectivity index (χ2n) is 6.72. The molecule has 0 spiro atoms. The van der Waals surface area contributed by atoms with Crippen molar-refractivity contribution in [3.63, 3.8) is 0 Å². The minimum atomic E-state index is -0.0370. The van der Waals surface area contributed by atoms with Gasteiger partial charge < -0.3 is 9.32 Å². The van der Waals surface area contributed by atoms with E-state index in [0.717, 1.165) is 35.8 Å². The summed E-state index contributed by atoms with van der Waals surface area (Å²) >= 11 is 5.95. The molecule has 0 atom stereocenters. The van der Waals surface area contributed by atoms with Gasteiger partial charge in [0.15, 0.2) is 5.76 Å². The quantitative estimate of drug-likeness (QED) is 0.665. The summed E-state index contributed by atoms with van der Waals surface area (Å²) in [5.74, 6) is 0.386. The SMILES string of the molecule is O=C(c1occc1-c1ccccc1)N1CCN(Cc2ccc(Cl)cc2)CC1. The van der Waals surface area contributed by atoms with Crippen LogP contribution >= 0.6 is 11.6 Å². The molecule has 1 aliphatic heterocycles. The zero-order chi connectivity index (χ0) is 18.6. The monoisotopic (exact) mass is 380 g/mol. The number of rotatable bonds is 4. The number of benzene rings is 2. The number of hydrogen-bond donors (Lipinski definition) is 0. The van der Waals surface area contributed by atoms with Crippen LogP contribution in [0.1, 0.15) is 16.1 Å². The predicted octanol–water partition coefficient (Wildman–Crippen LogP) is 4.56. The molecule has 4 rings (SSSR count).